The monoisotopic (exact) mass is 203 g/mol. The molecular weight excluding hydrogens is 190 g/mol. The second-order valence-corrected chi connectivity index (χ2v) is 3.66. The van der Waals surface area contributed by atoms with Crippen LogP contribution in [0.25, 0.3) is 0 Å². The minimum Gasteiger partial charge on any atom is -0.459 e. The van der Waals surface area contributed by atoms with Crippen molar-refractivity contribution in [3.8, 4) is 0 Å². The minimum atomic E-state index is -0.292. The molecule has 15 heavy (non-hydrogen) atoms. The summed E-state index contributed by atoms with van der Waals surface area (Å²) in [5, 5.41) is 0. The van der Waals surface area contributed by atoms with Crippen molar-refractivity contribution in [1.82, 2.24) is 0 Å². The van der Waals surface area contributed by atoms with Gasteiger partial charge in [-0.05, 0) is 18.9 Å². The Labute approximate surface area is 88.8 Å². The van der Waals surface area contributed by atoms with Gasteiger partial charge in [-0.2, -0.15) is 0 Å². The van der Waals surface area contributed by atoms with E-state index in [0.717, 1.165) is 6.42 Å². The van der Waals surface area contributed by atoms with Crippen LogP contribution in [0.5, 0.6) is 0 Å². The van der Waals surface area contributed by atoms with E-state index in [-0.39, 0.29) is 12.0 Å². The van der Waals surface area contributed by atoms with Gasteiger partial charge in [-0.25, -0.2) is 4.79 Å². The third-order valence-electron chi connectivity index (χ3n) is 2.39. The highest BCUT2D eigenvalue weighted by molar-refractivity contribution is 6.35. The Bertz CT molecular complexity index is 384. The molecular formula is C12H13NO2. The molecule has 0 bridgehead atoms. The van der Waals surface area contributed by atoms with E-state index in [1.807, 2.05) is 18.2 Å². The van der Waals surface area contributed by atoms with E-state index in [2.05, 4.69) is 17.1 Å². The van der Waals surface area contributed by atoms with E-state index in [9.17, 15) is 4.79 Å². The van der Waals surface area contributed by atoms with Crippen LogP contribution in [0.1, 0.15) is 12.5 Å². The van der Waals surface area contributed by atoms with Gasteiger partial charge in [0, 0.05) is 0 Å². The van der Waals surface area contributed by atoms with Crippen molar-refractivity contribution in [1.29, 1.82) is 0 Å². The van der Waals surface area contributed by atoms with Crippen molar-refractivity contribution in [3.63, 3.8) is 0 Å². The van der Waals surface area contributed by atoms with Crippen LogP contribution in [-0.4, -0.2) is 24.3 Å². The molecule has 2 rings (SSSR count). The Balaban J connectivity index is 2.05. The third kappa shape index (κ3) is 2.43. The zero-order chi connectivity index (χ0) is 10.7. The molecule has 0 saturated carbocycles. The molecule has 0 radical (unpaired) electrons. The highest BCUT2D eigenvalue weighted by Crippen LogP contribution is 2.10. The van der Waals surface area contributed by atoms with Gasteiger partial charge >= 0.3 is 5.97 Å². The number of rotatable bonds is 2. The predicted octanol–water partition coefficient (Wildman–Crippen LogP) is 1.62. The van der Waals surface area contributed by atoms with Gasteiger partial charge in [-0.1, -0.05) is 30.3 Å². The topological polar surface area (TPSA) is 38.7 Å². The Hall–Kier alpha value is -1.64. The van der Waals surface area contributed by atoms with Crippen LogP contribution in [0.2, 0.25) is 0 Å². The first-order valence-electron chi connectivity index (χ1n) is 5.01. The SMILES string of the molecule is CC1=NC(Cc2ccccc2)COC1=O. The van der Waals surface area contributed by atoms with Gasteiger partial charge in [0.2, 0.25) is 0 Å². The molecule has 0 fully saturated rings. The summed E-state index contributed by atoms with van der Waals surface area (Å²) in [6.45, 7) is 2.09. The maximum absolute atomic E-state index is 11.0. The lowest BCUT2D eigenvalue weighted by atomic mass is 10.1. The molecule has 78 valence electrons. The second kappa shape index (κ2) is 4.26. The Morgan fingerprint density at radius 2 is 2.13 bits per heavy atom. The average molecular weight is 203 g/mol. The van der Waals surface area contributed by atoms with E-state index < -0.39 is 0 Å². The van der Waals surface area contributed by atoms with Crippen LogP contribution in [0, 0.1) is 0 Å². The van der Waals surface area contributed by atoms with Crippen molar-refractivity contribution in [2.24, 2.45) is 4.99 Å². The van der Waals surface area contributed by atoms with Gasteiger partial charge < -0.3 is 4.74 Å². The first-order chi connectivity index (χ1) is 7.25. The van der Waals surface area contributed by atoms with Gasteiger partial charge in [0.15, 0.2) is 0 Å². The van der Waals surface area contributed by atoms with E-state index in [0.29, 0.717) is 12.3 Å². The number of ether oxygens (including phenoxy) is 1. The molecule has 0 spiro atoms. The second-order valence-electron chi connectivity index (χ2n) is 3.66. The molecule has 1 aromatic rings. The van der Waals surface area contributed by atoms with Crippen molar-refractivity contribution < 1.29 is 9.53 Å². The summed E-state index contributed by atoms with van der Waals surface area (Å²) in [5.74, 6) is -0.292. The Kier molecular flexibility index (Phi) is 2.81. The van der Waals surface area contributed by atoms with Gasteiger partial charge in [-0.15, -0.1) is 0 Å². The highest BCUT2D eigenvalue weighted by Gasteiger charge is 2.20. The van der Waals surface area contributed by atoms with E-state index >= 15 is 0 Å². The third-order valence-corrected chi connectivity index (χ3v) is 2.39. The van der Waals surface area contributed by atoms with Crippen LogP contribution in [-0.2, 0) is 16.0 Å². The van der Waals surface area contributed by atoms with Crippen LogP contribution in [0.4, 0.5) is 0 Å². The largest absolute Gasteiger partial charge is 0.459 e. The number of benzene rings is 1. The molecule has 0 aliphatic carbocycles. The molecule has 1 unspecified atom stereocenters. The number of esters is 1. The number of cyclic esters (lactones) is 1. The van der Waals surface area contributed by atoms with Crippen LogP contribution in [0.15, 0.2) is 35.3 Å². The van der Waals surface area contributed by atoms with Gasteiger partial charge in [0.1, 0.15) is 12.3 Å². The minimum absolute atomic E-state index is 0.0742. The van der Waals surface area contributed by atoms with Crippen molar-refractivity contribution in [2.45, 2.75) is 19.4 Å². The lowest BCUT2D eigenvalue weighted by Gasteiger charge is -2.18. The summed E-state index contributed by atoms with van der Waals surface area (Å²) >= 11 is 0. The first-order valence-corrected chi connectivity index (χ1v) is 5.01. The zero-order valence-corrected chi connectivity index (χ0v) is 8.64. The molecule has 3 heteroatoms. The van der Waals surface area contributed by atoms with Gasteiger partial charge in [-0.3, -0.25) is 4.99 Å². The molecule has 1 atom stereocenters. The lowest BCUT2D eigenvalue weighted by Crippen LogP contribution is -2.30. The molecule has 0 N–H and O–H groups in total. The quantitative estimate of drug-likeness (QED) is 0.685. The zero-order valence-electron chi connectivity index (χ0n) is 8.64. The van der Waals surface area contributed by atoms with Crippen molar-refractivity contribution >= 4 is 11.7 Å². The number of aliphatic imine (C=N–C) groups is 1. The fourth-order valence-corrected chi connectivity index (χ4v) is 1.63. The number of hydrogen-bond acceptors (Lipinski definition) is 3. The molecule has 1 heterocycles. The summed E-state index contributed by atoms with van der Waals surface area (Å²) in [6.07, 6.45) is 0.825. The normalized spacial score (nSPS) is 20.7. The fraction of sp³-hybridized carbons (Fsp3) is 0.333. The summed E-state index contributed by atoms with van der Waals surface area (Å²) in [4.78, 5) is 15.3. The first kappa shape index (κ1) is 9.90. The molecule has 1 aliphatic heterocycles. The van der Waals surface area contributed by atoms with Gasteiger partial charge in [0.05, 0.1) is 6.04 Å². The number of carbonyl (C=O) groups excluding carboxylic acids is 1. The van der Waals surface area contributed by atoms with Crippen LogP contribution < -0.4 is 0 Å². The van der Waals surface area contributed by atoms with Crippen LogP contribution in [0.3, 0.4) is 0 Å². The summed E-state index contributed by atoms with van der Waals surface area (Å²) in [6, 6.07) is 10.2. The summed E-state index contributed by atoms with van der Waals surface area (Å²) in [7, 11) is 0. The van der Waals surface area contributed by atoms with Crippen LogP contribution >= 0.6 is 0 Å². The van der Waals surface area contributed by atoms with E-state index in [1.54, 1.807) is 6.92 Å². The van der Waals surface area contributed by atoms with Crippen molar-refractivity contribution in [2.75, 3.05) is 6.61 Å². The molecule has 0 saturated heterocycles. The number of nitrogens with zero attached hydrogens (tertiary/aromatic N) is 1. The van der Waals surface area contributed by atoms with E-state index in [4.69, 9.17) is 4.74 Å². The average Bonchev–Trinajstić information content (AvgIpc) is 2.25. The molecule has 0 aromatic heterocycles. The lowest BCUT2D eigenvalue weighted by molar-refractivity contribution is -0.137. The maximum atomic E-state index is 11.0. The number of carbonyl (C=O) groups is 1. The van der Waals surface area contributed by atoms with Crippen molar-refractivity contribution in [3.05, 3.63) is 35.9 Å². The smallest absolute Gasteiger partial charge is 0.351 e. The fourth-order valence-electron chi connectivity index (χ4n) is 1.63. The molecule has 1 aromatic carbocycles. The Morgan fingerprint density at radius 1 is 1.40 bits per heavy atom. The molecule has 3 nitrogen and oxygen atoms in total. The van der Waals surface area contributed by atoms with Gasteiger partial charge in [0.25, 0.3) is 0 Å². The molecule has 0 amide bonds. The highest BCUT2D eigenvalue weighted by atomic mass is 16.5. The molecule has 1 aliphatic rings. The van der Waals surface area contributed by atoms with E-state index in [1.165, 1.54) is 5.56 Å². The summed E-state index contributed by atoms with van der Waals surface area (Å²) < 4.78 is 5.01. The summed E-state index contributed by atoms with van der Waals surface area (Å²) in [5.41, 5.74) is 1.69. The Morgan fingerprint density at radius 3 is 2.80 bits per heavy atom. The predicted molar refractivity (Wildman–Crippen MR) is 58.0 cm³/mol. The maximum Gasteiger partial charge on any atom is 0.351 e. The standard InChI is InChI=1S/C12H13NO2/c1-9-12(14)15-8-11(13-9)7-10-5-3-2-4-6-10/h2-6,11H,7-8H2,1H3. The number of hydrogen-bond donors (Lipinski definition) is 0.